The van der Waals surface area contributed by atoms with Crippen LogP contribution in [0.25, 0.3) is 0 Å². The average molecular weight is 321 g/mol. The first-order chi connectivity index (χ1) is 8.00. The largest absolute Gasteiger partial charge is 0.320 e. The van der Waals surface area contributed by atoms with E-state index in [1.165, 1.54) is 4.31 Å². The molecule has 1 rings (SSSR count). The van der Waals surface area contributed by atoms with Crippen LogP contribution in [0, 0.1) is 0 Å². The van der Waals surface area contributed by atoms with E-state index in [4.69, 9.17) is 0 Å². The molecular formula is C11H17BrN2O2S. The number of benzene rings is 1. The summed E-state index contributed by atoms with van der Waals surface area (Å²) in [6, 6.07) is 6.85. The minimum absolute atomic E-state index is 0.312. The molecule has 1 N–H and O–H groups in total. The van der Waals surface area contributed by atoms with Crippen molar-refractivity contribution in [1.82, 2.24) is 9.62 Å². The normalized spacial score (nSPS) is 12.0. The van der Waals surface area contributed by atoms with Gasteiger partial charge in [0, 0.05) is 18.1 Å². The van der Waals surface area contributed by atoms with E-state index < -0.39 is 10.0 Å². The molecule has 96 valence electrons. The molecule has 0 amide bonds. The molecule has 1 aromatic rings. The van der Waals surface area contributed by atoms with Gasteiger partial charge in [-0.3, -0.25) is 0 Å². The van der Waals surface area contributed by atoms with Crippen molar-refractivity contribution in [3.63, 3.8) is 0 Å². The van der Waals surface area contributed by atoms with Gasteiger partial charge in [-0.1, -0.05) is 12.1 Å². The lowest BCUT2D eigenvalue weighted by atomic mass is 10.4. The van der Waals surface area contributed by atoms with Gasteiger partial charge in [-0.25, -0.2) is 12.7 Å². The molecule has 1 aromatic carbocycles. The fourth-order valence-corrected chi connectivity index (χ4v) is 3.59. The summed E-state index contributed by atoms with van der Waals surface area (Å²) in [4.78, 5) is 0.312. The van der Waals surface area contributed by atoms with E-state index in [-0.39, 0.29) is 0 Å². The van der Waals surface area contributed by atoms with Crippen molar-refractivity contribution in [3.8, 4) is 0 Å². The van der Waals surface area contributed by atoms with Crippen LogP contribution in [0.1, 0.15) is 6.42 Å². The summed E-state index contributed by atoms with van der Waals surface area (Å²) >= 11 is 3.26. The lowest BCUT2D eigenvalue weighted by Crippen LogP contribution is -2.29. The van der Waals surface area contributed by atoms with Crippen molar-refractivity contribution in [2.24, 2.45) is 0 Å². The molecule has 0 radical (unpaired) electrons. The fourth-order valence-electron chi connectivity index (χ4n) is 1.42. The maximum absolute atomic E-state index is 12.2. The van der Waals surface area contributed by atoms with Gasteiger partial charge in [0.1, 0.15) is 0 Å². The Balaban J connectivity index is 2.85. The second-order valence-corrected chi connectivity index (χ2v) is 6.58. The number of rotatable bonds is 6. The summed E-state index contributed by atoms with van der Waals surface area (Å²) in [7, 11) is 0.0597. The molecule has 17 heavy (non-hydrogen) atoms. The summed E-state index contributed by atoms with van der Waals surface area (Å²) in [6.45, 7) is 1.31. The fraction of sp³-hybridized carbons (Fsp3) is 0.455. The number of nitrogens with one attached hydrogen (secondary N) is 1. The van der Waals surface area contributed by atoms with E-state index in [2.05, 4.69) is 21.2 Å². The minimum atomic E-state index is -3.39. The summed E-state index contributed by atoms with van der Waals surface area (Å²) in [5.41, 5.74) is 0. The maximum atomic E-state index is 12.2. The first kappa shape index (κ1) is 14.6. The lowest BCUT2D eigenvalue weighted by molar-refractivity contribution is 0.458. The topological polar surface area (TPSA) is 49.4 Å². The lowest BCUT2D eigenvalue weighted by Gasteiger charge is -2.17. The molecule has 0 aliphatic heterocycles. The van der Waals surface area contributed by atoms with E-state index in [1.54, 1.807) is 31.3 Å². The van der Waals surface area contributed by atoms with E-state index in [9.17, 15) is 8.42 Å². The highest BCUT2D eigenvalue weighted by Gasteiger charge is 2.22. The van der Waals surface area contributed by atoms with Crippen LogP contribution in [0.2, 0.25) is 0 Å². The molecule has 0 unspecified atom stereocenters. The molecule has 0 spiro atoms. The summed E-state index contributed by atoms with van der Waals surface area (Å²) in [5, 5.41) is 2.99. The highest BCUT2D eigenvalue weighted by Crippen LogP contribution is 2.23. The number of halogens is 1. The molecule has 0 aromatic heterocycles. The zero-order chi connectivity index (χ0) is 12.9. The number of nitrogens with zero attached hydrogens (tertiary/aromatic N) is 1. The number of hydrogen-bond acceptors (Lipinski definition) is 3. The highest BCUT2D eigenvalue weighted by atomic mass is 79.9. The molecular weight excluding hydrogens is 304 g/mol. The zero-order valence-electron chi connectivity index (χ0n) is 9.98. The van der Waals surface area contributed by atoms with E-state index in [1.807, 2.05) is 7.05 Å². The molecule has 0 aliphatic rings. The SMILES string of the molecule is CNCCCN(C)S(=O)(=O)c1ccccc1Br. The Morgan fingerprint density at radius 3 is 2.59 bits per heavy atom. The van der Waals surface area contributed by atoms with Crippen LogP contribution in [-0.4, -0.2) is 39.9 Å². The maximum Gasteiger partial charge on any atom is 0.243 e. The second-order valence-electron chi connectivity index (χ2n) is 3.71. The highest BCUT2D eigenvalue weighted by molar-refractivity contribution is 9.10. The Labute approximate surface area is 111 Å². The molecule has 0 saturated carbocycles. The van der Waals surface area contributed by atoms with E-state index in [0.29, 0.717) is 15.9 Å². The van der Waals surface area contributed by atoms with Crippen LogP contribution in [0.15, 0.2) is 33.6 Å². The quantitative estimate of drug-likeness (QED) is 0.811. The molecule has 0 saturated heterocycles. The van der Waals surface area contributed by atoms with Gasteiger partial charge >= 0.3 is 0 Å². The third kappa shape index (κ3) is 3.77. The summed E-state index contributed by atoms with van der Waals surface area (Å²) < 4.78 is 26.4. The summed E-state index contributed by atoms with van der Waals surface area (Å²) in [5.74, 6) is 0. The molecule has 0 fully saturated rings. The van der Waals surface area contributed by atoms with Crippen molar-refractivity contribution in [2.75, 3.05) is 27.2 Å². The molecule has 6 heteroatoms. The smallest absolute Gasteiger partial charge is 0.243 e. The Morgan fingerprint density at radius 2 is 2.00 bits per heavy atom. The minimum Gasteiger partial charge on any atom is -0.320 e. The zero-order valence-corrected chi connectivity index (χ0v) is 12.4. The number of sulfonamides is 1. The molecule has 0 aliphatic carbocycles. The van der Waals surface area contributed by atoms with Crippen LogP contribution in [-0.2, 0) is 10.0 Å². The molecule has 4 nitrogen and oxygen atoms in total. The Hall–Kier alpha value is -0.430. The molecule has 0 atom stereocenters. The van der Waals surface area contributed by atoms with Crippen LogP contribution in [0.3, 0.4) is 0 Å². The van der Waals surface area contributed by atoms with Crippen molar-refractivity contribution in [1.29, 1.82) is 0 Å². The van der Waals surface area contributed by atoms with Crippen LogP contribution in [0.4, 0.5) is 0 Å². The predicted octanol–water partition coefficient (Wildman–Crippen LogP) is 1.68. The van der Waals surface area contributed by atoms with Gasteiger partial charge in [0.25, 0.3) is 0 Å². The molecule has 0 bridgehead atoms. The van der Waals surface area contributed by atoms with Crippen molar-refractivity contribution >= 4 is 26.0 Å². The Bertz CT molecular complexity index is 462. The van der Waals surface area contributed by atoms with E-state index >= 15 is 0 Å². The summed E-state index contributed by atoms with van der Waals surface area (Å²) in [6.07, 6.45) is 0.788. The Kier molecular flexibility index (Phi) is 5.58. The molecule has 0 heterocycles. The third-order valence-corrected chi connectivity index (χ3v) is 5.29. The van der Waals surface area contributed by atoms with Crippen LogP contribution >= 0.6 is 15.9 Å². The van der Waals surface area contributed by atoms with Gasteiger partial charge in [0.05, 0.1) is 4.90 Å². The van der Waals surface area contributed by atoms with Gasteiger partial charge in [0.15, 0.2) is 0 Å². The van der Waals surface area contributed by atoms with Gasteiger partial charge in [-0.05, 0) is 48.1 Å². The second kappa shape index (κ2) is 6.49. The van der Waals surface area contributed by atoms with Gasteiger partial charge in [-0.2, -0.15) is 0 Å². The van der Waals surface area contributed by atoms with Crippen molar-refractivity contribution in [3.05, 3.63) is 28.7 Å². The van der Waals surface area contributed by atoms with Gasteiger partial charge < -0.3 is 5.32 Å². The number of hydrogen-bond donors (Lipinski definition) is 1. The standard InChI is InChI=1S/C11H17BrN2O2S/c1-13-8-5-9-14(2)17(15,16)11-7-4-3-6-10(11)12/h3-4,6-7,13H,5,8-9H2,1-2H3. The average Bonchev–Trinajstić information content (AvgIpc) is 2.29. The van der Waals surface area contributed by atoms with Crippen molar-refractivity contribution < 1.29 is 8.42 Å². The van der Waals surface area contributed by atoms with Gasteiger partial charge in [-0.15, -0.1) is 0 Å². The third-order valence-electron chi connectivity index (χ3n) is 2.42. The first-order valence-electron chi connectivity index (χ1n) is 5.35. The Morgan fingerprint density at radius 1 is 1.35 bits per heavy atom. The first-order valence-corrected chi connectivity index (χ1v) is 7.59. The van der Waals surface area contributed by atoms with Crippen molar-refractivity contribution in [2.45, 2.75) is 11.3 Å². The predicted molar refractivity (Wildman–Crippen MR) is 72.5 cm³/mol. The van der Waals surface area contributed by atoms with Crippen LogP contribution < -0.4 is 5.32 Å². The van der Waals surface area contributed by atoms with Crippen LogP contribution in [0.5, 0.6) is 0 Å². The monoisotopic (exact) mass is 320 g/mol. The van der Waals surface area contributed by atoms with Gasteiger partial charge in [0.2, 0.25) is 10.0 Å². The van der Waals surface area contributed by atoms with E-state index in [0.717, 1.165) is 13.0 Å².